The molecule has 0 aliphatic carbocycles. The zero-order valence-electron chi connectivity index (χ0n) is 10.6. The largest absolute Gasteiger partial charge is 0.393 e. The van der Waals surface area contributed by atoms with E-state index in [1.54, 1.807) is 6.07 Å². The van der Waals surface area contributed by atoms with Crippen LogP contribution in [0.3, 0.4) is 0 Å². The zero-order chi connectivity index (χ0) is 14.9. The lowest BCUT2D eigenvalue weighted by molar-refractivity contribution is -0.384. The third-order valence-corrected chi connectivity index (χ3v) is 2.88. The molecule has 20 heavy (non-hydrogen) atoms. The van der Waals surface area contributed by atoms with Gasteiger partial charge in [-0.3, -0.25) is 19.7 Å². The number of nitrogens with two attached hydrogens (primary N) is 1. The third kappa shape index (κ3) is 2.44. The van der Waals surface area contributed by atoms with Crippen LogP contribution in [0, 0.1) is 10.1 Å². The summed E-state index contributed by atoms with van der Waals surface area (Å²) >= 11 is 0. The molecule has 1 aromatic carbocycles. The van der Waals surface area contributed by atoms with E-state index in [9.17, 15) is 19.7 Å². The van der Waals surface area contributed by atoms with Crippen molar-refractivity contribution in [3.63, 3.8) is 0 Å². The number of nitro benzene ring substituents is 1. The topological polar surface area (TPSA) is 113 Å². The second-order valence-electron chi connectivity index (χ2n) is 4.30. The van der Waals surface area contributed by atoms with Crippen LogP contribution in [0.1, 0.15) is 5.56 Å². The lowest BCUT2D eigenvalue weighted by Crippen LogP contribution is -2.39. The first-order valence-corrected chi connectivity index (χ1v) is 5.69. The van der Waals surface area contributed by atoms with Crippen molar-refractivity contribution in [3.05, 3.63) is 67.0 Å². The maximum absolute atomic E-state index is 11.8. The molecule has 0 aliphatic rings. The molecule has 8 heteroatoms. The number of nitro groups is 1. The molecule has 8 nitrogen and oxygen atoms in total. The SMILES string of the molecule is Cn1ccn(Cc2ccc(N)c([N+](=O)[O-])c2)c(=O)c1=O. The van der Waals surface area contributed by atoms with Gasteiger partial charge in [-0.05, 0) is 11.6 Å². The average molecular weight is 276 g/mol. The molecule has 0 amide bonds. The lowest BCUT2D eigenvalue weighted by atomic mass is 10.1. The Balaban J connectivity index is 2.43. The van der Waals surface area contributed by atoms with Crippen LogP contribution in [0.4, 0.5) is 11.4 Å². The van der Waals surface area contributed by atoms with Crippen LogP contribution in [-0.4, -0.2) is 14.1 Å². The molecule has 104 valence electrons. The van der Waals surface area contributed by atoms with Gasteiger partial charge in [0.2, 0.25) is 0 Å². The Hall–Kier alpha value is -2.90. The second kappa shape index (κ2) is 5.00. The van der Waals surface area contributed by atoms with E-state index in [1.807, 2.05) is 0 Å². The summed E-state index contributed by atoms with van der Waals surface area (Å²) < 4.78 is 2.36. The highest BCUT2D eigenvalue weighted by Gasteiger charge is 2.12. The fraction of sp³-hybridized carbons (Fsp3) is 0.167. The van der Waals surface area contributed by atoms with E-state index in [-0.39, 0.29) is 17.9 Å². The van der Waals surface area contributed by atoms with Crippen LogP contribution < -0.4 is 16.9 Å². The molecule has 0 atom stereocenters. The fourth-order valence-corrected chi connectivity index (χ4v) is 1.76. The van der Waals surface area contributed by atoms with Gasteiger partial charge < -0.3 is 14.9 Å². The van der Waals surface area contributed by atoms with Crippen molar-refractivity contribution in [2.45, 2.75) is 6.54 Å². The number of hydrogen-bond acceptors (Lipinski definition) is 5. The van der Waals surface area contributed by atoms with Crippen molar-refractivity contribution in [2.75, 3.05) is 5.73 Å². The number of nitrogens with zero attached hydrogens (tertiary/aromatic N) is 3. The molecule has 0 unspecified atom stereocenters. The Morgan fingerprint density at radius 1 is 1.25 bits per heavy atom. The molecular formula is C12H12N4O4. The molecule has 0 fully saturated rings. The smallest absolute Gasteiger partial charge is 0.316 e. The van der Waals surface area contributed by atoms with Gasteiger partial charge in [0.05, 0.1) is 11.5 Å². The highest BCUT2D eigenvalue weighted by molar-refractivity contribution is 5.59. The molecule has 0 saturated heterocycles. The molecule has 2 rings (SSSR count). The maximum Gasteiger partial charge on any atom is 0.316 e. The van der Waals surface area contributed by atoms with Crippen molar-refractivity contribution in [1.82, 2.24) is 9.13 Å². The third-order valence-electron chi connectivity index (χ3n) is 2.88. The van der Waals surface area contributed by atoms with E-state index >= 15 is 0 Å². The Morgan fingerprint density at radius 3 is 2.60 bits per heavy atom. The van der Waals surface area contributed by atoms with Crippen molar-refractivity contribution in [1.29, 1.82) is 0 Å². The Morgan fingerprint density at radius 2 is 1.95 bits per heavy atom. The minimum absolute atomic E-state index is 0.0510. The number of benzene rings is 1. The Bertz CT molecular complexity index is 791. The standard InChI is InChI=1S/C12H12N4O4/c1-14-4-5-15(12(18)11(14)17)7-8-2-3-9(13)10(6-8)16(19)20/h2-6H,7,13H2,1H3. The van der Waals surface area contributed by atoms with Gasteiger partial charge in [0, 0.05) is 25.5 Å². The average Bonchev–Trinajstić information content (AvgIpc) is 2.41. The van der Waals surface area contributed by atoms with Gasteiger partial charge in [0.1, 0.15) is 5.69 Å². The summed E-state index contributed by atoms with van der Waals surface area (Å²) in [5.41, 5.74) is 4.50. The molecule has 0 saturated carbocycles. The van der Waals surface area contributed by atoms with Crippen molar-refractivity contribution in [2.24, 2.45) is 7.05 Å². The Labute approximate surface area is 112 Å². The predicted molar refractivity (Wildman–Crippen MR) is 72.6 cm³/mol. The summed E-state index contributed by atoms with van der Waals surface area (Å²) in [4.78, 5) is 33.5. The minimum atomic E-state index is -0.686. The summed E-state index contributed by atoms with van der Waals surface area (Å²) in [5, 5.41) is 10.8. The lowest BCUT2D eigenvalue weighted by Gasteiger charge is -2.07. The molecule has 0 bridgehead atoms. The molecule has 1 heterocycles. The highest BCUT2D eigenvalue weighted by atomic mass is 16.6. The van der Waals surface area contributed by atoms with Crippen LogP contribution in [0.2, 0.25) is 0 Å². The van der Waals surface area contributed by atoms with E-state index in [0.29, 0.717) is 5.56 Å². The maximum atomic E-state index is 11.8. The summed E-state index contributed by atoms with van der Waals surface area (Å²) in [6, 6.07) is 4.27. The number of aryl methyl sites for hydroxylation is 1. The molecule has 0 radical (unpaired) electrons. The summed E-state index contributed by atoms with van der Waals surface area (Å²) in [6.45, 7) is 0.0655. The minimum Gasteiger partial charge on any atom is -0.393 e. The number of nitrogen functional groups attached to an aromatic ring is 1. The molecule has 2 N–H and O–H groups in total. The molecule has 2 aromatic rings. The van der Waals surface area contributed by atoms with E-state index < -0.39 is 16.0 Å². The van der Waals surface area contributed by atoms with Gasteiger partial charge in [-0.25, -0.2) is 0 Å². The summed E-state index contributed by atoms with van der Waals surface area (Å²) in [6.07, 6.45) is 2.90. The summed E-state index contributed by atoms with van der Waals surface area (Å²) in [7, 11) is 1.47. The van der Waals surface area contributed by atoms with Gasteiger partial charge in [-0.1, -0.05) is 6.07 Å². The number of hydrogen-bond donors (Lipinski definition) is 1. The first-order valence-electron chi connectivity index (χ1n) is 5.69. The first kappa shape index (κ1) is 13.5. The number of aromatic nitrogens is 2. The van der Waals surface area contributed by atoms with Crippen molar-refractivity contribution in [3.8, 4) is 0 Å². The molecule has 0 aliphatic heterocycles. The van der Waals surface area contributed by atoms with Gasteiger partial charge in [0.25, 0.3) is 5.69 Å². The normalized spacial score (nSPS) is 10.4. The fourth-order valence-electron chi connectivity index (χ4n) is 1.76. The highest BCUT2D eigenvalue weighted by Crippen LogP contribution is 2.22. The number of anilines is 1. The van der Waals surface area contributed by atoms with E-state index in [2.05, 4.69) is 0 Å². The zero-order valence-corrected chi connectivity index (χ0v) is 10.6. The van der Waals surface area contributed by atoms with Crippen molar-refractivity contribution >= 4 is 11.4 Å². The van der Waals surface area contributed by atoms with Gasteiger partial charge in [-0.2, -0.15) is 0 Å². The second-order valence-corrected chi connectivity index (χ2v) is 4.30. The molecule has 0 spiro atoms. The van der Waals surface area contributed by atoms with Crippen LogP contribution >= 0.6 is 0 Å². The number of rotatable bonds is 3. The van der Waals surface area contributed by atoms with Gasteiger partial charge in [-0.15, -0.1) is 0 Å². The van der Waals surface area contributed by atoms with Crippen LogP contribution in [0.25, 0.3) is 0 Å². The molecular weight excluding hydrogens is 264 g/mol. The molecule has 1 aromatic heterocycles. The van der Waals surface area contributed by atoms with E-state index in [0.717, 1.165) is 0 Å². The summed E-state index contributed by atoms with van der Waals surface area (Å²) in [5.74, 6) is 0. The van der Waals surface area contributed by atoms with Crippen LogP contribution in [0.15, 0.2) is 40.2 Å². The van der Waals surface area contributed by atoms with Crippen LogP contribution in [0.5, 0.6) is 0 Å². The first-order chi connectivity index (χ1) is 9.40. The Kier molecular flexibility index (Phi) is 3.38. The van der Waals surface area contributed by atoms with Crippen molar-refractivity contribution < 1.29 is 4.92 Å². The van der Waals surface area contributed by atoms with E-state index in [1.165, 1.54) is 40.7 Å². The van der Waals surface area contributed by atoms with Gasteiger partial charge in [0.15, 0.2) is 0 Å². The predicted octanol–water partition coefficient (Wildman–Crippen LogP) is 0.0857. The van der Waals surface area contributed by atoms with Gasteiger partial charge >= 0.3 is 11.1 Å². The quantitative estimate of drug-likeness (QED) is 0.369. The van der Waals surface area contributed by atoms with Crippen LogP contribution in [-0.2, 0) is 13.6 Å². The van der Waals surface area contributed by atoms with E-state index in [4.69, 9.17) is 5.73 Å². The monoisotopic (exact) mass is 276 g/mol.